The molecule has 0 saturated carbocycles. The Bertz CT molecular complexity index is 782. The van der Waals surface area contributed by atoms with Crippen molar-refractivity contribution >= 4 is 11.9 Å². The van der Waals surface area contributed by atoms with Crippen LogP contribution in [0.1, 0.15) is 43.7 Å². The number of aliphatic carboxylic acids is 2. The molecule has 0 saturated heterocycles. The molecule has 0 amide bonds. The van der Waals surface area contributed by atoms with E-state index in [0.717, 1.165) is 24.3 Å². The number of alkyl halides is 3. The van der Waals surface area contributed by atoms with E-state index in [1.165, 1.54) is 0 Å². The molecule has 2 rings (SSSR count). The van der Waals surface area contributed by atoms with Crippen molar-refractivity contribution < 1.29 is 33.0 Å². The first-order valence-electron chi connectivity index (χ1n) is 8.38. The number of hydrogen-bond acceptors (Lipinski definition) is 3. The molecule has 0 atom stereocenters. The number of hydrogen-bond donors (Lipinski definition) is 2. The third-order valence-electron chi connectivity index (χ3n) is 4.71. The average molecular weight is 383 g/mol. The minimum absolute atomic E-state index is 0.130. The first kappa shape index (κ1) is 20.5. The molecule has 0 aromatic heterocycles. The van der Waals surface area contributed by atoms with Gasteiger partial charge in [-0.05, 0) is 30.5 Å². The van der Waals surface area contributed by atoms with Gasteiger partial charge >= 0.3 is 18.1 Å². The third-order valence-corrected chi connectivity index (χ3v) is 4.71. The molecule has 0 aliphatic carbocycles. The van der Waals surface area contributed by atoms with Gasteiger partial charge in [-0.1, -0.05) is 26.0 Å². The monoisotopic (exact) mass is 383 g/mol. The Morgan fingerprint density at radius 2 is 1.37 bits per heavy atom. The zero-order valence-electron chi connectivity index (χ0n) is 15.1. The van der Waals surface area contributed by atoms with Crippen LogP contribution in [-0.4, -0.2) is 34.1 Å². The van der Waals surface area contributed by atoms with Crippen LogP contribution in [-0.2, 0) is 15.8 Å². The zero-order chi connectivity index (χ0) is 20.5. The minimum atomic E-state index is -4.54. The zero-order valence-corrected chi connectivity index (χ0v) is 15.1. The molecule has 27 heavy (non-hydrogen) atoms. The van der Waals surface area contributed by atoms with Gasteiger partial charge in [0.25, 0.3) is 0 Å². The number of carboxylic acid groups (broad SMARTS) is 2. The number of carbonyl (C=O) groups is 2. The summed E-state index contributed by atoms with van der Waals surface area (Å²) in [5.41, 5.74) is -0.0673. The molecular formula is C19H20F3NO4. The van der Waals surface area contributed by atoms with Crippen molar-refractivity contribution in [3.8, 4) is 0 Å². The van der Waals surface area contributed by atoms with E-state index in [1.807, 2.05) is 0 Å². The highest BCUT2D eigenvalue weighted by atomic mass is 19.4. The lowest BCUT2D eigenvalue weighted by atomic mass is 9.78. The summed E-state index contributed by atoms with van der Waals surface area (Å²) in [6, 6.07) is 3.96. The molecule has 0 spiro atoms. The fourth-order valence-corrected chi connectivity index (χ4v) is 3.55. The Kier molecular flexibility index (Phi) is 5.67. The maximum absolute atomic E-state index is 12.8. The van der Waals surface area contributed by atoms with E-state index in [1.54, 1.807) is 25.8 Å². The molecule has 1 aromatic carbocycles. The largest absolute Gasteiger partial charge is 0.478 e. The van der Waals surface area contributed by atoms with Crippen LogP contribution in [0, 0.1) is 0 Å². The minimum Gasteiger partial charge on any atom is -0.478 e. The van der Waals surface area contributed by atoms with Crippen LogP contribution in [0.15, 0.2) is 46.8 Å². The maximum atomic E-state index is 12.8. The van der Waals surface area contributed by atoms with Gasteiger partial charge in [-0.25, -0.2) is 9.59 Å². The molecule has 0 bridgehead atoms. The van der Waals surface area contributed by atoms with Gasteiger partial charge in [0.05, 0.1) is 22.6 Å². The molecule has 1 aromatic rings. The van der Waals surface area contributed by atoms with Crippen LogP contribution in [0.2, 0.25) is 0 Å². The number of benzene rings is 1. The van der Waals surface area contributed by atoms with Gasteiger partial charge in [0.1, 0.15) is 0 Å². The molecule has 2 N–H and O–H groups in total. The van der Waals surface area contributed by atoms with Crippen LogP contribution in [0.4, 0.5) is 13.2 Å². The number of rotatable bonds is 5. The summed E-state index contributed by atoms with van der Waals surface area (Å²) in [6.45, 7) is 3.50. The van der Waals surface area contributed by atoms with Crippen LogP contribution in [0.25, 0.3) is 0 Å². The lowest BCUT2D eigenvalue weighted by Gasteiger charge is -2.36. The second-order valence-electron chi connectivity index (χ2n) is 6.15. The van der Waals surface area contributed by atoms with E-state index in [9.17, 15) is 33.0 Å². The number of halogens is 3. The second kappa shape index (κ2) is 7.46. The predicted octanol–water partition coefficient (Wildman–Crippen LogP) is 4.23. The van der Waals surface area contributed by atoms with Crippen LogP contribution in [0.3, 0.4) is 0 Å². The van der Waals surface area contributed by atoms with Crippen molar-refractivity contribution in [1.82, 2.24) is 4.90 Å². The van der Waals surface area contributed by atoms with Gasteiger partial charge in [0.15, 0.2) is 0 Å². The van der Waals surface area contributed by atoms with Gasteiger partial charge in [-0.2, -0.15) is 13.2 Å². The first-order chi connectivity index (χ1) is 12.5. The summed E-state index contributed by atoms with van der Waals surface area (Å²) in [4.78, 5) is 25.5. The summed E-state index contributed by atoms with van der Waals surface area (Å²) < 4.78 is 38.5. The lowest BCUT2D eigenvalue weighted by molar-refractivity contribution is -0.138. The molecule has 0 radical (unpaired) electrons. The van der Waals surface area contributed by atoms with E-state index < -0.39 is 29.6 Å². The average Bonchev–Trinajstić information content (AvgIpc) is 2.59. The van der Waals surface area contributed by atoms with Gasteiger partial charge in [-0.15, -0.1) is 0 Å². The van der Waals surface area contributed by atoms with Crippen molar-refractivity contribution in [2.75, 3.05) is 7.05 Å². The molecule has 5 nitrogen and oxygen atoms in total. The third kappa shape index (κ3) is 3.70. The SMILES string of the molecule is CCC1=C(C(=O)O)C(c2ccc(C(F)(F)F)cc2)C(C(=O)O)=C(CC)N1C. The summed E-state index contributed by atoms with van der Waals surface area (Å²) in [7, 11) is 1.60. The molecule has 8 heteroatoms. The van der Waals surface area contributed by atoms with Gasteiger partial charge in [-0.3, -0.25) is 0 Å². The first-order valence-corrected chi connectivity index (χ1v) is 8.38. The van der Waals surface area contributed by atoms with E-state index in [2.05, 4.69) is 0 Å². The number of allylic oxidation sites excluding steroid dienone is 2. The smallest absolute Gasteiger partial charge is 0.416 e. The quantitative estimate of drug-likeness (QED) is 0.796. The Labute approximate surface area is 154 Å². The summed E-state index contributed by atoms with van der Waals surface area (Å²) >= 11 is 0. The van der Waals surface area contributed by atoms with Crippen molar-refractivity contribution in [3.63, 3.8) is 0 Å². The van der Waals surface area contributed by atoms with Crippen molar-refractivity contribution in [2.24, 2.45) is 0 Å². The maximum Gasteiger partial charge on any atom is 0.416 e. The fraction of sp³-hybridized carbons (Fsp3) is 0.368. The van der Waals surface area contributed by atoms with Crippen molar-refractivity contribution in [2.45, 2.75) is 38.8 Å². The highest BCUT2D eigenvalue weighted by Gasteiger charge is 2.40. The standard InChI is InChI=1S/C19H20F3NO4/c1-4-12-15(17(24)25)14(16(18(26)27)13(5-2)23(12)3)10-6-8-11(9-7-10)19(20,21)22/h6-9,14H,4-5H2,1-3H3,(H,24,25)(H,26,27). The Hall–Kier alpha value is -2.77. The molecule has 146 valence electrons. The van der Waals surface area contributed by atoms with E-state index in [4.69, 9.17) is 0 Å². The van der Waals surface area contributed by atoms with Gasteiger partial charge in [0, 0.05) is 18.4 Å². The second-order valence-corrected chi connectivity index (χ2v) is 6.15. The van der Waals surface area contributed by atoms with Crippen molar-refractivity contribution in [3.05, 3.63) is 57.9 Å². The van der Waals surface area contributed by atoms with Crippen LogP contribution in [0.5, 0.6) is 0 Å². The molecule has 1 heterocycles. The van der Waals surface area contributed by atoms with Crippen LogP contribution >= 0.6 is 0 Å². The summed E-state index contributed by atoms with van der Waals surface area (Å²) in [6.07, 6.45) is -3.86. The predicted molar refractivity (Wildman–Crippen MR) is 91.9 cm³/mol. The van der Waals surface area contributed by atoms with E-state index in [-0.39, 0.29) is 16.7 Å². The normalized spacial score (nSPS) is 16.1. The molecule has 0 unspecified atom stereocenters. The van der Waals surface area contributed by atoms with Crippen molar-refractivity contribution in [1.29, 1.82) is 0 Å². The highest BCUT2D eigenvalue weighted by molar-refractivity contribution is 5.98. The number of nitrogens with zero attached hydrogens (tertiary/aromatic N) is 1. The van der Waals surface area contributed by atoms with Gasteiger partial charge < -0.3 is 15.1 Å². The number of carboxylic acids is 2. The molecular weight excluding hydrogens is 363 g/mol. The Morgan fingerprint density at radius 1 is 0.963 bits per heavy atom. The molecule has 1 aliphatic rings. The summed E-state index contributed by atoms with van der Waals surface area (Å²) in [5.74, 6) is -3.74. The fourth-order valence-electron chi connectivity index (χ4n) is 3.55. The van der Waals surface area contributed by atoms with E-state index >= 15 is 0 Å². The highest BCUT2D eigenvalue weighted by Crippen LogP contribution is 2.43. The lowest BCUT2D eigenvalue weighted by Crippen LogP contribution is -2.33. The van der Waals surface area contributed by atoms with E-state index in [0.29, 0.717) is 24.2 Å². The Morgan fingerprint density at radius 3 is 1.67 bits per heavy atom. The van der Waals surface area contributed by atoms with Gasteiger partial charge in [0.2, 0.25) is 0 Å². The van der Waals surface area contributed by atoms with Crippen LogP contribution < -0.4 is 0 Å². The Balaban J connectivity index is 2.76. The topological polar surface area (TPSA) is 77.8 Å². The molecule has 0 fully saturated rings. The summed E-state index contributed by atoms with van der Waals surface area (Å²) in [5, 5.41) is 19.5. The molecule has 1 aliphatic heterocycles.